The Kier molecular flexibility index (Phi) is 9.37. The van der Waals surface area contributed by atoms with E-state index in [0.29, 0.717) is 50.0 Å². The molecule has 0 aromatic carbocycles. The zero-order chi connectivity index (χ0) is 30.6. The number of hydrogen-bond acceptors (Lipinski definition) is 10. The van der Waals surface area contributed by atoms with Crippen molar-refractivity contribution in [1.82, 2.24) is 34.4 Å². The van der Waals surface area contributed by atoms with Crippen molar-refractivity contribution in [3.05, 3.63) is 35.3 Å². The highest BCUT2D eigenvalue weighted by atomic mass is 16.6. The SMILES string of the molecule is CCCC(C)Nc1nc(N)c2ncc(Cc3cnc(N4CCN(C(=O)CN(C)C(=O)OC(C)(C)C)CC4)c(C)c3)n2n1. The highest BCUT2D eigenvalue weighted by Crippen LogP contribution is 2.22. The van der Waals surface area contributed by atoms with Gasteiger partial charge in [-0.15, -0.1) is 5.10 Å². The van der Waals surface area contributed by atoms with Crippen LogP contribution in [0.2, 0.25) is 0 Å². The Morgan fingerprint density at radius 1 is 1.17 bits per heavy atom. The summed E-state index contributed by atoms with van der Waals surface area (Å²) < 4.78 is 7.10. The van der Waals surface area contributed by atoms with Crippen LogP contribution >= 0.6 is 0 Å². The molecule has 3 aromatic heterocycles. The van der Waals surface area contributed by atoms with Crippen molar-refractivity contribution < 1.29 is 14.3 Å². The summed E-state index contributed by atoms with van der Waals surface area (Å²) in [6.45, 7) is 14.1. The third-order valence-electron chi connectivity index (χ3n) is 7.06. The molecule has 3 N–H and O–H groups in total. The third kappa shape index (κ3) is 7.56. The van der Waals surface area contributed by atoms with Gasteiger partial charge < -0.3 is 30.5 Å². The molecule has 4 heterocycles. The average Bonchev–Trinajstić information content (AvgIpc) is 3.31. The number of aromatic nitrogens is 5. The summed E-state index contributed by atoms with van der Waals surface area (Å²) in [5.41, 5.74) is 9.09. The number of anilines is 3. The molecule has 0 saturated carbocycles. The van der Waals surface area contributed by atoms with Crippen LogP contribution in [-0.4, -0.2) is 97.8 Å². The minimum Gasteiger partial charge on any atom is -0.444 e. The molecule has 1 saturated heterocycles. The smallest absolute Gasteiger partial charge is 0.410 e. The molecule has 1 unspecified atom stereocenters. The molecule has 1 fully saturated rings. The molecule has 1 aliphatic heterocycles. The summed E-state index contributed by atoms with van der Waals surface area (Å²) in [6, 6.07) is 2.36. The van der Waals surface area contributed by atoms with E-state index in [4.69, 9.17) is 15.5 Å². The largest absolute Gasteiger partial charge is 0.444 e. The second-order valence-corrected chi connectivity index (χ2v) is 12.0. The Labute approximate surface area is 247 Å². The van der Waals surface area contributed by atoms with Crippen LogP contribution in [0, 0.1) is 6.92 Å². The number of hydrogen-bond donors (Lipinski definition) is 2. The number of fused-ring (bicyclic) bond motifs is 1. The number of rotatable bonds is 9. The van der Waals surface area contributed by atoms with Crippen LogP contribution in [0.3, 0.4) is 0 Å². The van der Waals surface area contributed by atoms with Crippen molar-refractivity contribution in [2.45, 2.75) is 72.4 Å². The van der Waals surface area contributed by atoms with Crippen LogP contribution in [0.4, 0.5) is 22.4 Å². The zero-order valence-corrected chi connectivity index (χ0v) is 25.8. The second-order valence-electron chi connectivity index (χ2n) is 12.0. The van der Waals surface area contributed by atoms with Crippen molar-refractivity contribution in [2.75, 3.05) is 55.7 Å². The maximum atomic E-state index is 12.8. The molecule has 42 heavy (non-hydrogen) atoms. The van der Waals surface area contributed by atoms with Gasteiger partial charge in [0.1, 0.15) is 18.0 Å². The van der Waals surface area contributed by atoms with Gasteiger partial charge in [0.2, 0.25) is 11.9 Å². The highest BCUT2D eigenvalue weighted by Gasteiger charge is 2.26. The summed E-state index contributed by atoms with van der Waals surface area (Å²) in [5, 5.41) is 7.98. The van der Waals surface area contributed by atoms with Gasteiger partial charge in [-0.2, -0.15) is 4.98 Å². The minimum atomic E-state index is -0.608. The molecule has 1 atom stereocenters. The fourth-order valence-electron chi connectivity index (χ4n) is 4.99. The number of pyridine rings is 1. The van der Waals surface area contributed by atoms with E-state index >= 15 is 0 Å². The van der Waals surface area contributed by atoms with Crippen LogP contribution in [-0.2, 0) is 16.0 Å². The molecule has 13 nitrogen and oxygen atoms in total. The first-order valence-electron chi connectivity index (χ1n) is 14.5. The van der Waals surface area contributed by atoms with E-state index in [1.54, 1.807) is 43.4 Å². The van der Waals surface area contributed by atoms with Gasteiger partial charge in [0.05, 0.1) is 11.9 Å². The van der Waals surface area contributed by atoms with Crippen molar-refractivity contribution in [3.8, 4) is 0 Å². The van der Waals surface area contributed by atoms with Crippen LogP contribution in [0.1, 0.15) is 64.3 Å². The number of nitrogens with zero attached hydrogens (tertiary/aromatic N) is 8. The lowest BCUT2D eigenvalue weighted by Gasteiger charge is -2.36. The van der Waals surface area contributed by atoms with Crippen molar-refractivity contribution in [3.63, 3.8) is 0 Å². The van der Waals surface area contributed by atoms with Gasteiger partial charge in [0.25, 0.3) is 0 Å². The first kappa shape index (κ1) is 30.8. The quantitative estimate of drug-likeness (QED) is 0.387. The predicted molar refractivity (Wildman–Crippen MR) is 163 cm³/mol. The van der Waals surface area contributed by atoms with Crippen molar-refractivity contribution in [1.29, 1.82) is 0 Å². The van der Waals surface area contributed by atoms with Gasteiger partial charge in [0, 0.05) is 51.9 Å². The Hall–Kier alpha value is -4.16. The predicted octanol–water partition coefficient (Wildman–Crippen LogP) is 3.12. The molecule has 4 rings (SSSR count). The summed E-state index contributed by atoms with van der Waals surface area (Å²) in [5.74, 6) is 1.62. The summed E-state index contributed by atoms with van der Waals surface area (Å²) in [6.07, 6.45) is 5.80. The van der Waals surface area contributed by atoms with Crippen LogP contribution in [0.25, 0.3) is 5.65 Å². The summed E-state index contributed by atoms with van der Waals surface area (Å²) >= 11 is 0. The lowest BCUT2D eigenvalue weighted by atomic mass is 10.1. The molecule has 3 aromatic rings. The van der Waals surface area contributed by atoms with Crippen LogP contribution in [0.15, 0.2) is 18.5 Å². The average molecular weight is 581 g/mol. The van der Waals surface area contributed by atoms with Gasteiger partial charge >= 0.3 is 6.09 Å². The first-order chi connectivity index (χ1) is 19.8. The number of imidazole rings is 1. The Morgan fingerprint density at radius 2 is 1.88 bits per heavy atom. The molecule has 0 aliphatic carbocycles. The van der Waals surface area contributed by atoms with E-state index < -0.39 is 11.7 Å². The molecule has 0 radical (unpaired) electrons. The number of carbonyl (C=O) groups excluding carboxylic acids is 2. The van der Waals surface area contributed by atoms with E-state index in [1.165, 1.54) is 4.90 Å². The number of likely N-dealkylation sites (N-methyl/N-ethyl adjacent to an activating group) is 1. The third-order valence-corrected chi connectivity index (χ3v) is 7.06. The van der Waals surface area contributed by atoms with Crippen LogP contribution in [0.5, 0.6) is 0 Å². The Balaban J connectivity index is 1.37. The van der Waals surface area contributed by atoms with Gasteiger partial charge in [0.15, 0.2) is 11.5 Å². The molecule has 228 valence electrons. The molecule has 13 heteroatoms. The van der Waals surface area contributed by atoms with Gasteiger partial charge in [-0.25, -0.2) is 19.3 Å². The number of ether oxygens (including phenoxy) is 1. The maximum absolute atomic E-state index is 12.8. The number of piperazine rings is 1. The molecule has 2 amide bonds. The zero-order valence-electron chi connectivity index (χ0n) is 25.8. The lowest BCUT2D eigenvalue weighted by molar-refractivity contribution is -0.132. The van der Waals surface area contributed by atoms with Crippen molar-refractivity contribution in [2.24, 2.45) is 0 Å². The Morgan fingerprint density at radius 3 is 2.52 bits per heavy atom. The fraction of sp³-hybridized carbons (Fsp3) is 0.586. The van der Waals surface area contributed by atoms with Gasteiger partial charge in [-0.1, -0.05) is 19.4 Å². The molecular weight excluding hydrogens is 536 g/mol. The molecule has 1 aliphatic rings. The second kappa shape index (κ2) is 12.8. The number of amides is 2. The Bertz CT molecular complexity index is 1410. The molecule has 0 spiro atoms. The maximum Gasteiger partial charge on any atom is 0.410 e. The molecule has 0 bridgehead atoms. The fourth-order valence-corrected chi connectivity index (χ4v) is 4.99. The van der Waals surface area contributed by atoms with E-state index in [0.717, 1.165) is 35.5 Å². The topological polar surface area (TPSA) is 147 Å². The van der Waals surface area contributed by atoms with Gasteiger partial charge in [-0.3, -0.25) is 4.79 Å². The minimum absolute atomic E-state index is 0.0178. The summed E-state index contributed by atoms with van der Waals surface area (Å²) in [4.78, 5) is 44.0. The first-order valence-corrected chi connectivity index (χ1v) is 14.5. The monoisotopic (exact) mass is 580 g/mol. The number of nitrogens with one attached hydrogen (secondary N) is 1. The van der Waals surface area contributed by atoms with E-state index in [9.17, 15) is 9.59 Å². The van der Waals surface area contributed by atoms with Gasteiger partial charge in [-0.05, 0) is 52.2 Å². The molecular formula is C29H44N10O3. The van der Waals surface area contributed by atoms with Crippen molar-refractivity contribution >= 4 is 35.2 Å². The van der Waals surface area contributed by atoms with E-state index in [1.807, 2.05) is 13.1 Å². The normalized spacial score (nSPS) is 14.6. The number of carbonyl (C=O) groups is 2. The van der Waals surface area contributed by atoms with E-state index in [2.05, 4.69) is 45.2 Å². The number of nitrogen functional groups attached to an aromatic ring is 1. The van der Waals surface area contributed by atoms with Crippen LogP contribution < -0.4 is 16.0 Å². The number of aryl methyl sites for hydroxylation is 1. The standard InChI is InChI=1S/C29H44N10O3/c1-8-9-20(3)33-27-34-24(30)26-32-17-22(39(26)35-27)15-21-14-19(2)25(31-16-21)38-12-10-37(11-13-38)23(40)18-36(7)28(41)42-29(4,5)6/h14,16-17,20H,8-13,15,18H2,1-7H3,(H3,30,33,34,35). The highest BCUT2D eigenvalue weighted by molar-refractivity contribution is 5.82. The van der Waals surface area contributed by atoms with E-state index in [-0.39, 0.29) is 18.5 Å². The number of nitrogens with two attached hydrogens (primary N) is 1. The summed E-state index contributed by atoms with van der Waals surface area (Å²) in [7, 11) is 1.58. The lowest BCUT2D eigenvalue weighted by Crippen LogP contribution is -2.52.